The molecule has 3 rings (SSSR count). The Morgan fingerprint density at radius 1 is 1.16 bits per heavy atom. The zero-order chi connectivity index (χ0) is 23.3. The maximum atomic E-state index is 12.4. The fourth-order valence-corrected chi connectivity index (χ4v) is 5.11. The molecule has 0 radical (unpaired) electrons. The van der Waals surface area contributed by atoms with Crippen LogP contribution in [0.5, 0.6) is 0 Å². The highest BCUT2D eigenvalue weighted by molar-refractivity contribution is 5.91. The maximum Gasteiger partial charge on any atom is 0.407 e. The quantitative estimate of drug-likeness (QED) is 0.502. The van der Waals surface area contributed by atoms with Gasteiger partial charge in [-0.3, -0.25) is 4.79 Å². The number of anilines is 2. The summed E-state index contributed by atoms with van der Waals surface area (Å²) in [5.74, 6) is -0.00184. The van der Waals surface area contributed by atoms with Crippen molar-refractivity contribution in [3.05, 3.63) is 23.8 Å². The van der Waals surface area contributed by atoms with Crippen LogP contribution in [0.1, 0.15) is 91.5 Å². The first-order chi connectivity index (χ1) is 15.2. The van der Waals surface area contributed by atoms with E-state index < -0.39 is 0 Å². The smallest absolute Gasteiger partial charge is 0.407 e. The van der Waals surface area contributed by atoms with Crippen LogP contribution in [0.25, 0.3) is 0 Å². The Balaban J connectivity index is 1.41. The molecule has 1 saturated carbocycles. The molecule has 0 bridgehead atoms. The van der Waals surface area contributed by atoms with Crippen LogP contribution in [-0.2, 0) is 14.9 Å². The Kier molecular flexibility index (Phi) is 8.07. The van der Waals surface area contributed by atoms with Crippen molar-refractivity contribution < 1.29 is 14.3 Å². The second kappa shape index (κ2) is 10.6. The van der Waals surface area contributed by atoms with Gasteiger partial charge in [-0.25, -0.2) is 4.79 Å². The molecule has 32 heavy (non-hydrogen) atoms. The molecule has 1 aliphatic heterocycles. The van der Waals surface area contributed by atoms with Crippen LogP contribution in [0, 0.1) is 0 Å². The summed E-state index contributed by atoms with van der Waals surface area (Å²) in [6.45, 7) is 11.6. The number of carbonyl (C=O) groups is 2. The first-order valence-corrected chi connectivity index (χ1v) is 12.4. The summed E-state index contributed by atoms with van der Waals surface area (Å²) < 4.78 is 5.27. The lowest BCUT2D eigenvalue weighted by atomic mass is 9.81. The Morgan fingerprint density at radius 2 is 1.88 bits per heavy atom. The predicted molar refractivity (Wildman–Crippen MR) is 130 cm³/mol. The molecular formula is C26H41N3O3. The number of fused-ring (bicyclic) bond motifs is 1. The van der Waals surface area contributed by atoms with Gasteiger partial charge in [0.05, 0.1) is 6.61 Å². The highest BCUT2D eigenvalue weighted by Crippen LogP contribution is 2.46. The Labute approximate surface area is 193 Å². The van der Waals surface area contributed by atoms with Crippen molar-refractivity contribution in [1.29, 1.82) is 0 Å². The van der Waals surface area contributed by atoms with Crippen LogP contribution < -0.4 is 15.5 Å². The largest absolute Gasteiger partial charge is 0.450 e. The molecule has 178 valence electrons. The molecule has 1 aliphatic carbocycles. The number of rotatable bonds is 8. The molecule has 2 aliphatic rings. The summed E-state index contributed by atoms with van der Waals surface area (Å²) in [7, 11) is 0. The van der Waals surface area contributed by atoms with E-state index in [0.29, 0.717) is 38.0 Å². The second-order valence-electron chi connectivity index (χ2n) is 10.3. The number of carbonyl (C=O) groups excluding carboxylic acids is 2. The summed E-state index contributed by atoms with van der Waals surface area (Å²) in [6, 6.07) is 7.33. The van der Waals surface area contributed by atoms with E-state index in [1.165, 1.54) is 30.5 Å². The van der Waals surface area contributed by atoms with Crippen LogP contribution in [-0.4, -0.2) is 36.7 Å². The molecule has 1 fully saturated rings. The van der Waals surface area contributed by atoms with Crippen molar-refractivity contribution >= 4 is 23.4 Å². The van der Waals surface area contributed by atoms with E-state index in [1.807, 2.05) is 6.07 Å². The first kappa shape index (κ1) is 24.4. The van der Waals surface area contributed by atoms with Gasteiger partial charge in [0.1, 0.15) is 0 Å². The average molecular weight is 444 g/mol. The minimum atomic E-state index is -0.327. The van der Waals surface area contributed by atoms with E-state index in [2.05, 4.69) is 62.3 Å². The highest BCUT2D eigenvalue weighted by Gasteiger charge is 2.42. The van der Waals surface area contributed by atoms with Crippen LogP contribution in [0.3, 0.4) is 0 Å². The summed E-state index contributed by atoms with van der Waals surface area (Å²) in [5, 5.41) is 5.99. The average Bonchev–Trinajstić information content (AvgIpc) is 2.93. The van der Waals surface area contributed by atoms with Crippen molar-refractivity contribution in [2.75, 3.05) is 16.8 Å². The van der Waals surface area contributed by atoms with E-state index >= 15 is 0 Å². The fourth-order valence-electron chi connectivity index (χ4n) is 5.11. The van der Waals surface area contributed by atoms with Crippen molar-refractivity contribution in [1.82, 2.24) is 5.32 Å². The van der Waals surface area contributed by atoms with E-state index in [-0.39, 0.29) is 23.5 Å². The molecule has 2 N–H and O–H groups in total. The molecular weight excluding hydrogens is 402 g/mol. The summed E-state index contributed by atoms with van der Waals surface area (Å²) in [4.78, 5) is 26.7. The van der Waals surface area contributed by atoms with Crippen LogP contribution >= 0.6 is 0 Å². The lowest BCUT2D eigenvalue weighted by Crippen LogP contribution is -2.42. The van der Waals surface area contributed by atoms with Crippen molar-refractivity contribution in [3.8, 4) is 0 Å². The Hall–Kier alpha value is -2.24. The lowest BCUT2D eigenvalue weighted by molar-refractivity contribution is -0.116. The van der Waals surface area contributed by atoms with Crippen molar-refractivity contribution in [2.24, 2.45) is 0 Å². The Bertz CT molecular complexity index is 800. The third kappa shape index (κ3) is 5.76. The van der Waals surface area contributed by atoms with Gasteiger partial charge in [0.15, 0.2) is 0 Å². The minimum absolute atomic E-state index is 0.00184. The third-order valence-corrected chi connectivity index (χ3v) is 7.23. The van der Waals surface area contributed by atoms with Crippen LogP contribution in [0.4, 0.5) is 16.2 Å². The van der Waals surface area contributed by atoms with Gasteiger partial charge in [-0.05, 0) is 64.2 Å². The van der Waals surface area contributed by atoms with Gasteiger partial charge >= 0.3 is 6.09 Å². The van der Waals surface area contributed by atoms with Crippen LogP contribution in [0.15, 0.2) is 18.2 Å². The van der Waals surface area contributed by atoms with Gasteiger partial charge in [-0.15, -0.1) is 0 Å². The number of nitrogens with one attached hydrogen (secondary N) is 2. The van der Waals surface area contributed by atoms with Gasteiger partial charge < -0.3 is 20.3 Å². The van der Waals surface area contributed by atoms with Crippen molar-refractivity contribution in [3.63, 3.8) is 0 Å². The molecule has 1 aromatic carbocycles. The third-order valence-electron chi connectivity index (χ3n) is 7.23. The predicted octanol–water partition coefficient (Wildman–Crippen LogP) is 5.75. The van der Waals surface area contributed by atoms with Gasteiger partial charge in [-0.1, -0.05) is 39.2 Å². The maximum absolute atomic E-state index is 12.4. The molecule has 1 unspecified atom stereocenters. The standard InChI is InChI=1S/C26H41N3O3/c1-18(2)29-19(3)26(4,5)22-15-14-21(17-23(22)29)27-24(30)13-9-10-16-32-25(31)28-20-11-7-6-8-12-20/h14-15,17-20H,6-13,16H2,1-5H3,(H,27,30)(H,28,31). The van der Waals surface area contributed by atoms with Crippen LogP contribution in [0.2, 0.25) is 0 Å². The number of hydrogen-bond acceptors (Lipinski definition) is 4. The molecule has 1 aromatic rings. The van der Waals surface area contributed by atoms with Gasteiger partial charge in [-0.2, -0.15) is 0 Å². The van der Waals surface area contributed by atoms with E-state index in [9.17, 15) is 9.59 Å². The molecule has 1 atom stereocenters. The number of hydrogen-bond donors (Lipinski definition) is 2. The van der Waals surface area contributed by atoms with Gasteiger partial charge in [0, 0.05) is 41.3 Å². The summed E-state index contributed by atoms with van der Waals surface area (Å²) in [6.07, 6.45) is 7.16. The molecule has 1 heterocycles. The first-order valence-electron chi connectivity index (χ1n) is 12.4. The number of benzene rings is 1. The number of ether oxygens (including phenoxy) is 1. The molecule has 6 nitrogen and oxygen atoms in total. The summed E-state index contributed by atoms with van der Waals surface area (Å²) in [5.41, 5.74) is 3.46. The molecule has 6 heteroatoms. The monoisotopic (exact) mass is 443 g/mol. The molecule has 0 saturated heterocycles. The van der Waals surface area contributed by atoms with Gasteiger partial charge in [0.25, 0.3) is 0 Å². The molecule has 0 aromatic heterocycles. The normalized spacial score (nSPS) is 20.2. The lowest BCUT2D eigenvalue weighted by Gasteiger charge is -2.34. The Morgan fingerprint density at radius 3 is 2.56 bits per heavy atom. The molecule has 2 amide bonds. The number of unbranched alkanes of at least 4 members (excludes halogenated alkanes) is 1. The van der Waals surface area contributed by atoms with E-state index in [0.717, 1.165) is 18.5 Å². The zero-order valence-corrected chi connectivity index (χ0v) is 20.5. The second-order valence-corrected chi connectivity index (χ2v) is 10.3. The van der Waals surface area contributed by atoms with Crippen molar-refractivity contribution in [2.45, 2.75) is 110 Å². The van der Waals surface area contributed by atoms with E-state index in [4.69, 9.17) is 4.74 Å². The molecule has 0 spiro atoms. The zero-order valence-electron chi connectivity index (χ0n) is 20.5. The van der Waals surface area contributed by atoms with E-state index in [1.54, 1.807) is 0 Å². The number of alkyl carbamates (subject to hydrolysis) is 1. The summed E-state index contributed by atoms with van der Waals surface area (Å²) >= 11 is 0. The minimum Gasteiger partial charge on any atom is -0.450 e. The fraction of sp³-hybridized carbons (Fsp3) is 0.692. The van der Waals surface area contributed by atoms with Gasteiger partial charge in [0.2, 0.25) is 5.91 Å². The highest BCUT2D eigenvalue weighted by atomic mass is 16.5. The number of amides is 2. The topological polar surface area (TPSA) is 70.7 Å². The number of nitrogens with zero attached hydrogens (tertiary/aromatic N) is 1. The SMILES string of the molecule is CC(C)N1c2cc(NC(=O)CCCCOC(=O)NC3CCCCC3)ccc2C(C)(C)C1C.